The van der Waals surface area contributed by atoms with Crippen LogP contribution in [0.5, 0.6) is 0 Å². The molecule has 1 aliphatic carbocycles. The Morgan fingerprint density at radius 2 is 1.82 bits per heavy atom. The Morgan fingerprint density at radius 3 is 2.46 bits per heavy atom. The molecule has 2 N–H and O–H groups in total. The monoisotopic (exact) mass is 395 g/mol. The highest BCUT2D eigenvalue weighted by Gasteiger charge is 2.30. The van der Waals surface area contributed by atoms with Crippen LogP contribution < -0.4 is 5.32 Å². The van der Waals surface area contributed by atoms with Crippen LogP contribution in [0.15, 0.2) is 12.1 Å². The van der Waals surface area contributed by atoms with Gasteiger partial charge in [-0.05, 0) is 37.2 Å². The van der Waals surface area contributed by atoms with Crippen molar-refractivity contribution in [2.75, 3.05) is 6.61 Å². The summed E-state index contributed by atoms with van der Waals surface area (Å²) in [6.07, 6.45) is 2.81. The van der Waals surface area contributed by atoms with Gasteiger partial charge in [-0.3, -0.25) is 0 Å². The second-order valence-electron chi connectivity index (χ2n) is 8.19. The number of carbonyl (C=O) groups is 1. The predicted octanol–water partition coefficient (Wildman–Crippen LogP) is 3.81. The van der Waals surface area contributed by atoms with Gasteiger partial charge in [0.1, 0.15) is 5.82 Å². The van der Waals surface area contributed by atoms with Gasteiger partial charge in [0.25, 0.3) is 0 Å². The van der Waals surface area contributed by atoms with E-state index in [-0.39, 0.29) is 23.3 Å². The van der Waals surface area contributed by atoms with E-state index in [0.29, 0.717) is 30.2 Å². The number of benzene rings is 1. The lowest BCUT2D eigenvalue weighted by Gasteiger charge is -2.29. The number of amides is 1. The van der Waals surface area contributed by atoms with Gasteiger partial charge in [0, 0.05) is 17.2 Å². The lowest BCUT2D eigenvalue weighted by Crippen LogP contribution is -2.48. The summed E-state index contributed by atoms with van der Waals surface area (Å²) in [5, 5.41) is 16.6. The highest BCUT2D eigenvalue weighted by Crippen LogP contribution is 2.33. The summed E-state index contributed by atoms with van der Waals surface area (Å²) in [6, 6.07) is 0.212. The van der Waals surface area contributed by atoms with Crippen molar-refractivity contribution in [1.29, 1.82) is 0 Å². The van der Waals surface area contributed by atoms with Crippen LogP contribution in [0, 0.1) is 22.9 Å². The molecule has 152 valence electrons. The molecule has 1 atom stereocenters. The first-order valence-electron chi connectivity index (χ1n) is 9.31. The maximum atomic E-state index is 14.3. The molecular weight excluding hydrogens is 371 g/mol. The molecule has 2 aromatic rings. The zero-order chi connectivity index (χ0) is 20.6. The van der Waals surface area contributed by atoms with Crippen molar-refractivity contribution in [3.63, 3.8) is 0 Å². The van der Waals surface area contributed by atoms with Gasteiger partial charge >= 0.3 is 6.03 Å². The summed E-state index contributed by atoms with van der Waals surface area (Å²) in [4.78, 5) is 12.8. The largest absolute Gasteiger partial charge is 0.394 e. The average molecular weight is 395 g/mol. The third-order valence-electron chi connectivity index (χ3n) is 5.16. The van der Waals surface area contributed by atoms with Crippen molar-refractivity contribution >= 4 is 6.03 Å². The lowest BCUT2D eigenvalue weighted by molar-refractivity contribution is 0.158. The van der Waals surface area contributed by atoms with Gasteiger partial charge in [-0.15, -0.1) is 0 Å². The Kier molecular flexibility index (Phi) is 5.52. The number of hydrogen-bond acceptors (Lipinski definition) is 3. The van der Waals surface area contributed by atoms with Crippen LogP contribution >= 0.6 is 0 Å². The summed E-state index contributed by atoms with van der Waals surface area (Å²) in [6.45, 7) is 5.40. The van der Waals surface area contributed by atoms with E-state index in [1.54, 1.807) is 0 Å². The molecule has 0 unspecified atom stereocenters. The van der Waals surface area contributed by atoms with Gasteiger partial charge in [0.2, 0.25) is 0 Å². The first-order chi connectivity index (χ1) is 13.1. The van der Waals surface area contributed by atoms with Crippen LogP contribution in [0.4, 0.5) is 18.0 Å². The third-order valence-corrected chi connectivity index (χ3v) is 5.16. The summed E-state index contributed by atoms with van der Waals surface area (Å²) in [7, 11) is 0. The Labute approximate surface area is 161 Å². The maximum Gasteiger partial charge on any atom is 0.342 e. The van der Waals surface area contributed by atoms with Gasteiger partial charge in [-0.25, -0.2) is 18.0 Å². The van der Waals surface area contributed by atoms with E-state index in [4.69, 9.17) is 0 Å². The minimum absolute atomic E-state index is 0.151. The van der Waals surface area contributed by atoms with Crippen LogP contribution in [0.3, 0.4) is 0 Å². The Hall–Kier alpha value is -2.35. The van der Waals surface area contributed by atoms with Gasteiger partial charge in [-0.1, -0.05) is 20.8 Å². The number of nitrogens with one attached hydrogen (secondary N) is 1. The average Bonchev–Trinajstić information content (AvgIpc) is 3.01. The standard InChI is InChI=1S/C20H24F3N3O2/c1-20(2,3)17(10-27)24-19(28)26-16-7-5-4-6-11(16)18(25-26)12-8-14(22)15(23)9-13(12)21/h8-9,17,27H,4-7,10H2,1-3H3,(H,24,28)/t17-/m1/s1. The van der Waals surface area contributed by atoms with E-state index >= 15 is 0 Å². The fourth-order valence-corrected chi connectivity index (χ4v) is 3.43. The van der Waals surface area contributed by atoms with Crippen molar-refractivity contribution in [2.45, 2.75) is 52.5 Å². The van der Waals surface area contributed by atoms with Gasteiger partial charge in [-0.2, -0.15) is 9.78 Å². The Morgan fingerprint density at radius 1 is 1.18 bits per heavy atom. The number of aliphatic hydroxyl groups excluding tert-OH is 1. The minimum atomic E-state index is -1.27. The zero-order valence-electron chi connectivity index (χ0n) is 16.2. The highest BCUT2D eigenvalue weighted by molar-refractivity contribution is 5.79. The van der Waals surface area contributed by atoms with Crippen LogP contribution in [0.2, 0.25) is 0 Å². The molecule has 0 saturated carbocycles. The predicted molar refractivity (Wildman–Crippen MR) is 98.4 cm³/mol. The molecule has 1 amide bonds. The Balaban J connectivity index is 2.05. The van der Waals surface area contributed by atoms with Crippen LogP contribution in [0.1, 0.15) is 44.9 Å². The zero-order valence-corrected chi connectivity index (χ0v) is 16.2. The first-order valence-corrected chi connectivity index (χ1v) is 9.31. The number of halogens is 3. The molecule has 8 heteroatoms. The number of aromatic nitrogens is 2. The van der Waals surface area contributed by atoms with E-state index in [1.807, 2.05) is 20.8 Å². The summed E-state index contributed by atoms with van der Waals surface area (Å²) in [5.74, 6) is -3.38. The number of hydrogen-bond donors (Lipinski definition) is 2. The van der Waals surface area contributed by atoms with E-state index < -0.39 is 29.5 Å². The van der Waals surface area contributed by atoms with E-state index in [2.05, 4.69) is 10.4 Å². The van der Waals surface area contributed by atoms with E-state index in [9.17, 15) is 23.1 Å². The topological polar surface area (TPSA) is 67.2 Å². The third kappa shape index (κ3) is 3.78. The molecule has 0 bridgehead atoms. The molecule has 0 radical (unpaired) electrons. The number of nitrogens with zero attached hydrogens (tertiary/aromatic N) is 2. The number of fused-ring (bicyclic) bond motifs is 1. The van der Waals surface area contributed by atoms with Crippen molar-refractivity contribution in [1.82, 2.24) is 15.1 Å². The highest BCUT2D eigenvalue weighted by atomic mass is 19.2. The second kappa shape index (κ2) is 7.58. The molecule has 0 fully saturated rings. The molecule has 1 aromatic carbocycles. The van der Waals surface area contributed by atoms with Gasteiger partial charge < -0.3 is 10.4 Å². The normalized spacial score (nSPS) is 15.2. The lowest BCUT2D eigenvalue weighted by atomic mass is 9.87. The molecular formula is C20H24F3N3O2. The first kappa shape index (κ1) is 20.4. The Bertz CT molecular complexity index is 903. The molecule has 1 aliphatic rings. The van der Waals surface area contributed by atoms with Crippen molar-refractivity contribution in [3.05, 3.63) is 40.8 Å². The molecule has 5 nitrogen and oxygen atoms in total. The quantitative estimate of drug-likeness (QED) is 0.777. The molecule has 1 aromatic heterocycles. The fourth-order valence-electron chi connectivity index (χ4n) is 3.43. The molecule has 0 aliphatic heterocycles. The number of carbonyl (C=O) groups excluding carboxylic acids is 1. The van der Waals surface area contributed by atoms with Crippen LogP contribution in [0.25, 0.3) is 11.3 Å². The maximum absolute atomic E-state index is 14.3. The summed E-state index contributed by atoms with van der Waals surface area (Å²) < 4.78 is 42.5. The molecule has 0 spiro atoms. The number of rotatable bonds is 3. The van der Waals surface area contributed by atoms with Crippen molar-refractivity contribution in [3.8, 4) is 11.3 Å². The van der Waals surface area contributed by atoms with Crippen molar-refractivity contribution < 1.29 is 23.1 Å². The van der Waals surface area contributed by atoms with Gasteiger partial charge in [0.05, 0.1) is 24.0 Å². The molecule has 1 heterocycles. The fraction of sp³-hybridized carbons (Fsp3) is 0.500. The van der Waals surface area contributed by atoms with E-state index in [1.165, 1.54) is 4.68 Å². The van der Waals surface area contributed by atoms with Crippen molar-refractivity contribution in [2.24, 2.45) is 5.41 Å². The minimum Gasteiger partial charge on any atom is -0.394 e. The smallest absolute Gasteiger partial charge is 0.342 e. The van der Waals surface area contributed by atoms with E-state index in [0.717, 1.165) is 18.9 Å². The van der Waals surface area contributed by atoms with Crippen LogP contribution in [-0.4, -0.2) is 33.6 Å². The molecule has 0 saturated heterocycles. The summed E-state index contributed by atoms with van der Waals surface area (Å²) in [5.41, 5.74) is 0.902. The van der Waals surface area contributed by atoms with Crippen LogP contribution in [-0.2, 0) is 12.8 Å². The SMILES string of the molecule is CC(C)(C)[C@@H](CO)NC(=O)n1nc(-c2cc(F)c(F)cc2F)c2c1CCCC2. The summed E-state index contributed by atoms with van der Waals surface area (Å²) >= 11 is 0. The molecule has 3 rings (SSSR count). The van der Waals surface area contributed by atoms with Gasteiger partial charge in [0.15, 0.2) is 11.6 Å². The number of aliphatic hydroxyl groups is 1. The molecule has 28 heavy (non-hydrogen) atoms. The second-order valence-corrected chi connectivity index (χ2v) is 8.19.